The van der Waals surface area contributed by atoms with Crippen molar-refractivity contribution in [3.05, 3.63) is 161 Å². The van der Waals surface area contributed by atoms with Gasteiger partial charge in [-0.2, -0.15) is 0 Å². The van der Waals surface area contributed by atoms with Gasteiger partial charge in [-0.1, -0.05) is 124 Å². The zero-order chi connectivity index (χ0) is 32.1. The van der Waals surface area contributed by atoms with Crippen molar-refractivity contribution in [2.75, 3.05) is 0 Å². The van der Waals surface area contributed by atoms with Gasteiger partial charge in [0.05, 0.1) is 17.2 Å². The molecular formula is C43H40N4. The molecule has 3 unspecified atom stereocenters. The summed E-state index contributed by atoms with van der Waals surface area (Å²) in [6, 6.07) is 41.5. The fraction of sp³-hybridized carbons (Fsp3) is 0.186. The molecule has 4 nitrogen and oxygen atoms in total. The van der Waals surface area contributed by atoms with Crippen molar-refractivity contribution in [2.45, 2.75) is 44.9 Å². The monoisotopic (exact) mass is 612 g/mol. The van der Waals surface area contributed by atoms with Crippen molar-refractivity contribution in [1.82, 2.24) is 9.88 Å². The highest BCUT2D eigenvalue weighted by molar-refractivity contribution is 6.11. The summed E-state index contributed by atoms with van der Waals surface area (Å²) in [7, 11) is 0. The van der Waals surface area contributed by atoms with Crippen LogP contribution in [0.25, 0.3) is 38.6 Å². The van der Waals surface area contributed by atoms with Crippen LogP contribution in [0.3, 0.4) is 0 Å². The standard InChI is InChI=1S/C43H40N4/c1-28-12-11-15-31(24-28)41(44)46-42(45-27-29-13-5-4-6-14-29)30-20-22-32(23-21-30)47-39-19-10-8-17-34(39)36-25-38-35(26-40(36)47)33-16-7-9-18-37(33)43(38,2)3/h4-23,25-28,41-42,46H,24,44H2,1-3H3. The Labute approximate surface area is 277 Å². The lowest BCUT2D eigenvalue weighted by molar-refractivity contribution is 0.474. The van der Waals surface area contributed by atoms with Gasteiger partial charge in [-0.3, -0.25) is 10.3 Å². The second-order valence-electron chi connectivity index (χ2n) is 13.6. The van der Waals surface area contributed by atoms with Crippen LogP contribution in [-0.4, -0.2) is 16.9 Å². The van der Waals surface area contributed by atoms with Gasteiger partial charge in [0.2, 0.25) is 0 Å². The third-order valence-electron chi connectivity index (χ3n) is 10.1. The van der Waals surface area contributed by atoms with E-state index in [1.54, 1.807) is 0 Å². The van der Waals surface area contributed by atoms with E-state index >= 15 is 0 Å². The molecule has 0 fully saturated rings. The number of rotatable bonds is 7. The smallest absolute Gasteiger partial charge is 0.126 e. The summed E-state index contributed by atoms with van der Waals surface area (Å²) >= 11 is 0. The fourth-order valence-electron chi connectivity index (χ4n) is 7.56. The normalized spacial score (nSPS) is 18.0. The van der Waals surface area contributed by atoms with Crippen molar-refractivity contribution < 1.29 is 0 Å². The highest BCUT2D eigenvalue weighted by Gasteiger charge is 2.36. The summed E-state index contributed by atoms with van der Waals surface area (Å²) in [6.07, 6.45) is 8.75. The summed E-state index contributed by atoms with van der Waals surface area (Å²) in [4.78, 5) is 5.02. The summed E-state index contributed by atoms with van der Waals surface area (Å²) < 4.78 is 2.41. The Hall–Kier alpha value is -5.03. The van der Waals surface area contributed by atoms with E-state index in [4.69, 9.17) is 10.7 Å². The van der Waals surface area contributed by atoms with Crippen LogP contribution < -0.4 is 11.1 Å². The van der Waals surface area contributed by atoms with Crippen molar-refractivity contribution in [3.8, 4) is 16.8 Å². The number of hydrogen-bond acceptors (Lipinski definition) is 3. The first kappa shape index (κ1) is 29.4. The van der Waals surface area contributed by atoms with Gasteiger partial charge >= 0.3 is 0 Å². The first-order valence-electron chi connectivity index (χ1n) is 16.6. The molecule has 3 N–H and O–H groups in total. The zero-order valence-corrected chi connectivity index (χ0v) is 27.2. The van der Waals surface area contributed by atoms with Crippen LogP contribution in [0, 0.1) is 5.92 Å². The predicted octanol–water partition coefficient (Wildman–Crippen LogP) is 9.60. The van der Waals surface area contributed by atoms with Gasteiger partial charge < -0.3 is 10.3 Å². The van der Waals surface area contributed by atoms with Gasteiger partial charge in [-0.25, -0.2) is 0 Å². The van der Waals surface area contributed by atoms with Gasteiger partial charge in [-0.15, -0.1) is 0 Å². The number of aliphatic imine (C=N–C) groups is 1. The zero-order valence-electron chi connectivity index (χ0n) is 27.2. The number of aromatic nitrogens is 1. The molecule has 1 aromatic heterocycles. The van der Waals surface area contributed by atoms with Gasteiger partial charge in [0.15, 0.2) is 0 Å². The minimum atomic E-state index is -0.304. The third-order valence-corrected chi connectivity index (χ3v) is 10.1. The van der Waals surface area contributed by atoms with E-state index in [0.29, 0.717) is 5.92 Å². The molecule has 0 radical (unpaired) electrons. The molecular weight excluding hydrogens is 573 g/mol. The maximum absolute atomic E-state index is 6.76. The quantitative estimate of drug-likeness (QED) is 0.139. The molecule has 232 valence electrons. The van der Waals surface area contributed by atoms with Crippen LogP contribution >= 0.6 is 0 Å². The largest absolute Gasteiger partial charge is 0.312 e. The van der Waals surface area contributed by atoms with E-state index < -0.39 is 0 Å². The number of allylic oxidation sites excluding steroid dienone is 3. The minimum Gasteiger partial charge on any atom is -0.312 e. The van der Waals surface area contributed by atoms with Crippen LogP contribution in [-0.2, 0) is 5.41 Å². The number of para-hydroxylation sites is 1. The first-order chi connectivity index (χ1) is 22.9. The fourth-order valence-corrected chi connectivity index (χ4v) is 7.56. The Morgan fingerprint density at radius 2 is 1.55 bits per heavy atom. The highest BCUT2D eigenvalue weighted by Crippen LogP contribution is 2.50. The number of fused-ring (bicyclic) bond motifs is 6. The summed E-state index contributed by atoms with van der Waals surface area (Å²) in [5.41, 5.74) is 19.0. The van der Waals surface area contributed by atoms with Crippen LogP contribution in [0.4, 0.5) is 0 Å². The van der Waals surface area contributed by atoms with E-state index in [9.17, 15) is 0 Å². The Morgan fingerprint density at radius 3 is 2.36 bits per heavy atom. The average molecular weight is 613 g/mol. The molecule has 0 bridgehead atoms. The second-order valence-corrected chi connectivity index (χ2v) is 13.6. The molecule has 47 heavy (non-hydrogen) atoms. The molecule has 2 aliphatic carbocycles. The van der Waals surface area contributed by atoms with E-state index in [1.165, 1.54) is 49.6 Å². The highest BCUT2D eigenvalue weighted by atomic mass is 15.1. The summed E-state index contributed by atoms with van der Waals surface area (Å²) in [5, 5.41) is 6.17. The Morgan fingerprint density at radius 1 is 0.809 bits per heavy atom. The van der Waals surface area contributed by atoms with Crippen LogP contribution in [0.5, 0.6) is 0 Å². The van der Waals surface area contributed by atoms with Gasteiger partial charge in [0, 0.05) is 28.1 Å². The van der Waals surface area contributed by atoms with E-state index in [0.717, 1.165) is 23.2 Å². The van der Waals surface area contributed by atoms with Gasteiger partial charge in [0.1, 0.15) is 6.17 Å². The molecule has 2 aliphatic rings. The molecule has 0 spiro atoms. The third kappa shape index (κ3) is 5.14. The van der Waals surface area contributed by atoms with Crippen molar-refractivity contribution in [1.29, 1.82) is 0 Å². The second kappa shape index (κ2) is 11.6. The number of benzene rings is 5. The van der Waals surface area contributed by atoms with Crippen molar-refractivity contribution in [3.63, 3.8) is 0 Å². The predicted molar refractivity (Wildman–Crippen MR) is 197 cm³/mol. The summed E-state index contributed by atoms with van der Waals surface area (Å²) in [6.45, 7) is 6.92. The first-order valence-corrected chi connectivity index (χ1v) is 16.6. The van der Waals surface area contributed by atoms with Crippen LogP contribution in [0.1, 0.15) is 55.6 Å². The topological polar surface area (TPSA) is 55.3 Å². The van der Waals surface area contributed by atoms with Gasteiger partial charge in [-0.05, 0) is 81.6 Å². The van der Waals surface area contributed by atoms with E-state index in [2.05, 4.69) is 146 Å². The maximum Gasteiger partial charge on any atom is 0.126 e. The van der Waals surface area contributed by atoms with Crippen molar-refractivity contribution >= 4 is 28.0 Å². The molecule has 3 atom stereocenters. The minimum absolute atomic E-state index is 0.0455. The van der Waals surface area contributed by atoms with Gasteiger partial charge in [0.25, 0.3) is 0 Å². The molecule has 1 heterocycles. The molecule has 0 saturated carbocycles. The SMILES string of the molecule is CC1C=CC=C(C(N)NC(N=Cc2ccccc2)c2ccc(-n3c4ccccc4c4cc5c(cc43)-c3ccccc3C5(C)C)cc2)C1. The van der Waals surface area contributed by atoms with E-state index in [1.807, 2.05) is 24.4 Å². The molecule has 5 aromatic carbocycles. The number of hydrogen-bond donors (Lipinski definition) is 2. The Bertz CT molecular complexity index is 2200. The Kier molecular flexibility index (Phi) is 7.28. The number of nitrogens with zero attached hydrogens (tertiary/aromatic N) is 2. The molecule has 0 saturated heterocycles. The lowest BCUT2D eigenvalue weighted by Gasteiger charge is -2.25. The lowest BCUT2D eigenvalue weighted by Crippen LogP contribution is -2.41. The van der Waals surface area contributed by atoms with Crippen LogP contribution in [0.2, 0.25) is 0 Å². The molecule has 4 heteroatoms. The molecule has 0 amide bonds. The number of nitrogens with one attached hydrogen (secondary N) is 1. The molecule has 8 rings (SSSR count). The maximum atomic E-state index is 6.76. The number of nitrogens with two attached hydrogens (primary N) is 1. The molecule has 0 aliphatic heterocycles. The average Bonchev–Trinajstić information content (AvgIpc) is 3.54. The van der Waals surface area contributed by atoms with Crippen LogP contribution in [0.15, 0.2) is 144 Å². The Balaban J connectivity index is 1.21. The lowest BCUT2D eigenvalue weighted by atomic mass is 9.82. The summed E-state index contributed by atoms with van der Waals surface area (Å²) in [5.74, 6) is 0.473. The van der Waals surface area contributed by atoms with Crippen molar-refractivity contribution in [2.24, 2.45) is 16.6 Å². The van der Waals surface area contributed by atoms with E-state index in [-0.39, 0.29) is 17.7 Å². The molecule has 6 aromatic rings.